The molecule has 1 saturated heterocycles. The first-order chi connectivity index (χ1) is 17.0. The standard InChI is InChI=1S/C30H37ClN2O2/c31-28-14-25(9-8-23(28)19-34)32-26-11-21-12-27-24(13-26)16-30(27,15-21)29(35)22-7-4-10-33(18-22)17-20-5-2-1-3-6-20/h1-3,5-6,8-9,14,21-22,24,26-27,32,34H,4,7,10-13,15-19H2/t21-,22-,24-,26+,27?,30?/m1/s1. The Morgan fingerprint density at radius 2 is 1.97 bits per heavy atom. The third kappa shape index (κ3) is 4.43. The fourth-order valence-corrected chi connectivity index (χ4v) is 8.36. The molecule has 2 aromatic carbocycles. The van der Waals surface area contributed by atoms with Gasteiger partial charge in [-0.05, 0) is 92.5 Å². The monoisotopic (exact) mass is 492 g/mol. The van der Waals surface area contributed by atoms with Crippen molar-refractivity contribution in [2.75, 3.05) is 18.4 Å². The lowest BCUT2D eigenvalue weighted by atomic mass is 9.50. The number of likely N-dealkylation sites (tertiary alicyclic amines) is 1. The second-order valence-electron chi connectivity index (χ2n) is 11.7. The van der Waals surface area contributed by atoms with E-state index >= 15 is 0 Å². The van der Waals surface area contributed by atoms with E-state index in [1.165, 1.54) is 12.0 Å². The minimum Gasteiger partial charge on any atom is -0.392 e. The molecule has 4 fully saturated rings. The topological polar surface area (TPSA) is 52.6 Å². The van der Waals surface area contributed by atoms with Crippen LogP contribution in [0.1, 0.15) is 56.1 Å². The van der Waals surface area contributed by atoms with E-state index in [1.54, 1.807) is 0 Å². The lowest BCUT2D eigenvalue weighted by Gasteiger charge is -2.54. The van der Waals surface area contributed by atoms with Gasteiger partial charge in [0.15, 0.2) is 0 Å². The van der Waals surface area contributed by atoms with Crippen LogP contribution in [0.25, 0.3) is 0 Å². The van der Waals surface area contributed by atoms with Crippen molar-refractivity contribution in [2.45, 2.75) is 64.1 Å². The Morgan fingerprint density at radius 1 is 1.11 bits per heavy atom. The number of nitrogens with zero attached hydrogens (tertiary/aromatic N) is 1. The minimum atomic E-state index is -0.0323. The molecule has 3 aliphatic carbocycles. The highest BCUT2D eigenvalue weighted by molar-refractivity contribution is 6.31. The van der Waals surface area contributed by atoms with Crippen molar-refractivity contribution < 1.29 is 9.90 Å². The molecule has 2 N–H and O–H groups in total. The summed E-state index contributed by atoms with van der Waals surface area (Å²) in [6, 6.07) is 17.0. The van der Waals surface area contributed by atoms with Gasteiger partial charge in [0.25, 0.3) is 0 Å². The third-order valence-corrected chi connectivity index (χ3v) is 9.91. The SMILES string of the molecule is O=C([C@@H]1CCCN(Cc2ccccc2)C1)C12C[C@H]3CC1[C@H](C[C@@H](Nc1ccc(CO)c(Cl)c1)C3)C2. The average Bonchev–Trinajstić information content (AvgIpc) is 3.05. The van der Waals surface area contributed by atoms with Crippen molar-refractivity contribution in [1.82, 2.24) is 4.90 Å². The smallest absolute Gasteiger partial charge is 0.143 e. The molecular formula is C30H37ClN2O2. The molecule has 6 atom stereocenters. The number of piperidine rings is 1. The third-order valence-electron chi connectivity index (χ3n) is 9.56. The largest absolute Gasteiger partial charge is 0.392 e. The second-order valence-corrected chi connectivity index (χ2v) is 12.1. The normalized spacial score (nSPS) is 34.2. The van der Waals surface area contributed by atoms with Gasteiger partial charge in [-0.2, -0.15) is 0 Å². The van der Waals surface area contributed by atoms with Crippen LogP contribution in [-0.2, 0) is 17.9 Å². The number of benzene rings is 2. The number of aliphatic hydroxyl groups is 1. The number of rotatable bonds is 7. The summed E-state index contributed by atoms with van der Waals surface area (Å²) in [5.74, 6) is 2.73. The number of Topliss-reactive ketones (excluding diaryl/α,β-unsaturated/α-hetero) is 1. The molecule has 0 amide bonds. The van der Waals surface area contributed by atoms with Gasteiger partial charge in [-0.1, -0.05) is 48.0 Å². The Bertz CT molecular complexity index is 1070. The zero-order chi connectivity index (χ0) is 24.0. The fraction of sp³-hybridized carbons (Fsp3) is 0.567. The number of halogens is 1. The first kappa shape index (κ1) is 23.5. The lowest BCUT2D eigenvalue weighted by molar-refractivity contribution is -0.150. The van der Waals surface area contributed by atoms with Crippen LogP contribution in [0.4, 0.5) is 5.69 Å². The predicted octanol–water partition coefficient (Wildman–Crippen LogP) is 5.92. The second kappa shape index (κ2) is 9.53. The number of carbonyl (C=O) groups excluding carboxylic acids is 1. The van der Waals surface area contributed by atoms with Crippen molar-refractivity contribution in [3.63, 3.8) is 0 Å². The molecule has 2 aromatic rings. The zero-order valence-corrected chi connectivity index (χ0v) is 21.2. The lowest BCUT2D eigenvalue weighted by Crippen LogP contribution is -2.55. The first-order valence-electron chi connectivity index (χ1n) is 13.5. The van der Waals surface area contributed by atoms with Gasteiger partial charge in [0.2, 0.25) is 0 Å². The maximum Gasteiger partial charge on any atom is 0.143 e. The van der Waals surface area contributed by atoms with Gasteiger partial charge >= 0.3 is 0 Å². The van der Waals surface area contributed by atoms with Crippen LogP contribution in [0.3, 0.4) is 0 Å². The van der Waals surface area contributed by atoms with Crippen LogP contribution in [0.15, 0.2) is 48.5 Å². The minimum absolute atomic E-state index is 0.0210. The van der Waals surface area contributed by atoms with Crippen LogP contribution in [0.5, 0.6) is 0 Å². The van der Waals surface area contributed by atoms with E-state index < -0.39 is 0 Å². The molecule has 0 radical (unpaired) electrons. The average molecular weight is 493 g/mol. The highest BCUT2D eigenvalue weighted by Crippen LogP contribution is 2.67. The molecule has 4 nitrogen and oxygen atoms in total. The van der Waals surface area contributed by atoms with E-state index in [9.17, 15) is 9.90 Å². The molecule has 0 spiro atoms. The maximum absolute atomic E-state index is 14.0. The molecule has 3 saturated carbocycles. The number of hydrogen-bond donors (Lipinski definition) is 2. The van der Waals surface area contributed by atoms with Crippen LogP contribution in [0, 0.1) is 29.1 Å². The molecule has 2 unspecified atom stereocenters. The van der Waals surface area contributed by atoms with Gasteiger partial charge in [-0.3, -0.25) is 9.69 Å². The summed E-state index contributed by atoms with van der Waals surface area (Å²) in [5, 5.41) is 13.7. The van der Waals surface area contributed by atoms with E-state index in [2.05, 4.69) is 40.5 Å². The van der Waals surface area contributed by atoms with E-state index in [1.807, 2.05) is 18.2 Å². The van der Waals surface area contributed by atoms with E-state index in [-0.39, 0.29) is 17.9 Å². The first-order valence-corrected chi connectivity index (χ1v) is 13.9. The van der Waals surface area contributed by atoms with Crippen LogP contribution < -0.4 is 5.32 Å². The van der Waals surface area contributed by atoms with E-state index in [0.29, 0.717) is 34.6 Å². The van der Waals surface area contributed by atoms with Gasteiger partial charge < -0.3 is 10.4 Å². The van der Waals surface area contributed by atoms with Gasteiger partial charge in [0.05, 0.1) is 6.61 Å². The quantitative estimate of drug-likeness (QED) is 0.503. The molecule has 186 valence electrons. The summed E-state index contributed by atoms with van der Waals surface area (Å²) in [7, 11) is 0. The highest BCUT2D eigenvalue weighted by Gasteiger charge is 2.64. The molecule has 4 aliphatic rings. The Kier molecular flexibility index (Phi) is 6.41. The molecule has 5 heteroatoms. The molecule has 35 heavy (non-hydrogen) atoms. The molecule has 1 aliphatic heterocycles. The van der Waals surface area contributed by atoms with Crippen LogP contribution in [0.2, 0.25) is 5.02 Å². The van der Waals surface area contributed by atoms with Crippen molar-refractivity contribution >= 4 is 23.1 Å². The molecule has 6 rings (SSSR count). The number of aliphatic hydroxyl groups excluding tert-OH is 1. The highest BCUT2D eigenvalue weighted by atomic mass is 35.5. The molecule has 1 heterocycles. The van der Waals surface area contributed by atoms with Crippen molar-refractivity contribution in [3.05, 3.63) is 64.7 Å². The Morgan fingerprint density at radius 3 is 2.77 bits per heavy atom. The fourth-order valence-electron chi connectivity index (χ4n) is 8.12. The number of hydrogen-bond acceptors (Lipinski definition) is 4. The summed E-state index contributed by atoms with van der Waals surface area (Å²) in [6.07, 6.45) is 7.95. The summed E-state index contributed by atoms with van der Waals surface area (Å²) in [5.41, 5.74) is 3.13. The molecular weight excluding hydrogens is 456 g/mol. The number of nitrogens with one attached hydrogen (secondary N) is 1. The zero-order valence-electron chi connectivity index (χ0n) is 20.5. The number of anilines is 1. The van der Waals surface area contributed by atoms with Gasteiger partial charge in [0.1, 0.15) is 5.78 Å². The predicted molar refractivity (Wildman–Crippen MR) is 140 cm³/mol. The summed E-state index contributed by atoms with van der Waals surface area (Å²) < 4.78 is 0. The Labute approximate surface area is 214 Å². The molecule has 2 bridgehead atoms. The van der Waals surface area contributed by atoms with E-state index in [0.717, 1.165) is 69.4 Å². The van der Waals surface area contributed by atoms with Crippen LogP contribution in [-0.4, -0.2) is 34.9 Å². The Hall–Kier alpha value is -1.88. The van der Waals surface area contributed by atoms with E-state index in [4.69, 9.17) is 11.6 Å². The van der Waals surface area contributed by atoms with Crippen molar-refractivity contribution in [1.29, 1.82) is 0 Å². The summed E-state index contributed by atoms with van der Waals surface area (Å²) in [4.78, 5) is 16.5. The van der Waals surface area contributed by atoms with Crippen molar-refractivity contribution in [2.24, 2.45) is 29.1 Å². The van der Waals surface area contributed by atoms with Gasteiger partial charge in [0, 0.05) is 41.2 Å². The molecule has 0 aromatic heterocycles. The van der Waals surface area contributed by atoms with Gasteiger partial charge in [-0.15, -0.1) is 0 Å². The van der Waals surface area contributed by atoms with Crippen molar-refractivity contribution in [3.8, 4) is 0 Å². The summed E-state index contributed by atoms with van der Waals surface area (Å²) >= 11 is 6.32. The number of ketones is 1. The Balaban J connectivity index is 1.09. The maximum atomic E-state index is 14.0. The number of carbonyl (C=O) groups is 1. The summed E-state index contributed by atoms with van der Waals surface area (Å²) in [6.45, 7) is 2.97. The van der Waals surface area contributed by atoms with Crippen LogP contribution >= 0.6 is 11.6 Å². The van der Waals surface area contributed by atoms with Gasteiger partial charge in [-0.25, -0.2) is 0 Å². The number of fused-ring (bicyclic) bond motifs is 1.